The molecule has 23 heavy (non-hydrogen) atoms. The molecule has 2 rings (SSSR count). The average molecular weight is 348 g/mol. The minimum absolute atomic E-state index is 0.160. The van der Waals surface area contributed by atoms with Gasteiger partial charge in [-0.15, -0.1) is 0 Å². The van der Waals surface area contributed by atoms with Gasteiger partial charge in [0.05, 0.1) is 6.04 Å². The number of fused-ring (bicyclic) bond motifs is 1. The molecule has 132 valence electrons. The molecule has 0 fully saturated rings. The van der Waals surface area contributed by atoms with E-state index in [1.807, 2.05) is 32.0 Å². The normalized spacial score (nSPS) is 22.6. The summed E-state index contributed by atoms with van der Waals surface area (Å²) in [4.78, 5) is 0. The van der Waals surface area contributed by atoms with Gasteiger partial charge in [-0.3, -0.25) is 9.11 Å². The van der Waals surface area contributed by atoms with Crippen LogP contribution in [-0.4, -0.2) is 40.4 Å². The number of nitrogens with two attached hydrogens (primary N) is 1. The molecule has 9 heteroatoms. The van der Waals surface area contributed by atoms with Crippen LogP contribution in [0.5, 0.6) is 5.75 Å². The highest BCUT2D eigenvalue weighted by molar-refractivity contribution is 7.79. The van der Waals surface area contributed by atoms with Crippen LogP contribution in [0.3, 0.4) is 0 Å². The van der Waals surface area contributed by atoms with Gasteiger partial charge >= 0.3 is 10.4 Å². The molecule has 8 nitrogen and oxygen atoms in total. The topological polar surface area (TPSA) is 142 Å². The lowest BCUT2D eigenvalue weighted by molar-refractivity contribution is -0.0658. The number of hydrogen-bond acceptors (Lipinski definition) is 6. The SMILES string of the molecule is CC(C)N[C@@H]1c2cc(N)ccc2OC(C)(C)[C@H]1O.O=S(=O)(O)O. The Morgan fingerprint density at radius 2 is 1.83 bits per heavy atom. The van der Waals surface area contributed by atoms with Crippen LogP contribution in [0.25, 0.3) is 0 Å². The van der Waals surface area contributed by atoms with Gasteiger partial charge in [0.25, 0.3) is 0 Å². The number of hydrogen-bond donors (Lipinski definition) is 5. The zero-order chi connectivity index (χ0) is 18.0. The second-order valence-electron chi connectivity index (χ2n) is 6.19. The lowest BCUT2D eigenvalue weighted by Crippen LogP contribution is -2.53. The molecule has 1 aliphatic rings. The van der Waals surface area contributed by atoms with Crippen LogP contribution in [0.2, 0.25) is 0 Å². The minimum Gasteiger partial charge on any atom is -0.485 e. The lowest BCUT2D eigenvalue weighted by Gasteiger charge is -2.43. The van der Waals surface area contributed by atoms with Crippen LogP contribution in [0.4, 0.5) is 5.69 Å². The van der Waals surface area contributed by atoms with Gasteiger partial charge in [0.15, 0.2) is 0 Å². The van der Waals surface area contributed by atoms with Crippen LogP contribution >= 0.6 is 0 Å². The molecule has 0 aliphatic carbocycles. The Kier molecular flexibility index (Phi) is 6.00. The number of benzene rings is 1. The predicted molar refractivity (Wildman–Crippen MR) is 86.8 cm³/mol. The molecule has 0 radical (unpaired) electrons. The highest BCUT2D eigenvalue weighted by Gasteiger charge is 2.42. The molecule has 1 aliphatic heterocycles. The maximum Gasteiger partial charge on any atom is 0.394 e. The third-order valence-corrected chi connectivity index (χ3v) is 3.28. The van der Waals surface area contributed by atoms with Crippen molar-refractivity contribution in [2.24, 2.45) is 0 Å². The summed E-state index contributed by atoms with van der Waals surface area (Å²) in [5.41, 5.74) is 6.81. The van der Waals surface area contributed by atoms with E-state index in [1.54, 1.807) is 0 Å². The summed E-state index contributed by atoms with van der Waals surface area (Å²) < 4.78 is 37.4. The number of rotatable bonds is 2. The van der Waals surface area contributed by atoms with E-state index >= 15 is 0 Å². The maximum absolute atomic E-state index is 10.5. The molecule has 0 amide bonds. The van der Waals surface area contributed by atoms with Gasteiger partial charge in [0.1, 0.15) is 17.5 Å². The Morgan fingerprint density at radius 3 is 2.30 bits per heavy atom. The fraction of sp³-hybridized carbons (Fsp3) is 0.571. The monoisotopic (exact) mass is 348 g/mol. The van der Waals surface area contributed by atoms with Gasteiger partial charge in [-0.1, -0.05) is 13.8 Å². The maximum atomic E-state index is 10.5. The fourth-order valence-electron chi connectivity index (χ4n) is 2.36. The molecule has 0 spiro atoms. The van der Waals surface area contributed by atoms with Crippen molar-refractivity contribution < 1.29 is 27.4 Å². The summed E-state index contributed by atoms with van der Waals surface area (Å²) in [5.74, 6) is 0.789. The third kappa shape index (κ3) is 5.96. The van der Waals surface area contributed by atoms with E-state index in [2.05, 4.69) is 19.2 Å². The number of nitrogens with one attached hydrogen (secondary N) is 1. The Morgan fingerprint density at radius 1 is 1.30 bits per heavy atom. The van der Waals surface area contributed by atoms with E-state index in [9.17, 15) is 5.11 Å². The first kappa shape index (κ1) is 19.7. The van der Waals surface area contributed by atoms with E-state index in [0.29, 0.717) is 5.69 Å². The Bertz CT molecular complexity index is 637. The van der Waals surface area contributed by atoms with Crippen LogP contribution in [0.1, 0.15) is 39.3 Å². The molecule has 1 heterocycles. The summed E-state index contributed by atoms with van der Waals surface area (Å²) in [5, 5.41) is 13.8. The highest BCUT2D eigenvalue weighted by Crippen LogP contribution is 2.40. The molecule has 0 saturated heterocycles. The first-order valence-corrected chi connectivity index (χ1v) is 8.43. The summed E-state index contributed by atoms with van der Waals surface area (Å²) in [6.07, 6.45) is -0.616. The third-order valence-electron chi connectivity index (χ3n) is 3.28. The molecule has 2 atom stereocenters. The van der Waals surface area contributed by atoms with Gasteiger partial charge in [-0.25, -0.2) is 0 Å². The van der Waals surface area contributed by atoms with E-state index in [0.717, 1.165) is 11.3 Å². The van der Waals surface area contributed by atoms with E-state index in [4.69, 9.17) is 28.0 Å². The van der Waals surface area contributed by atoms with Crippen LogP contribution in [-0.2, 0) is 10.4 Å². The molecule has 6 N–H and O–H groups in total. The fourth-order valence-corrected chi connectivity index (χ4v) is 2.36. The number of aliphatic hydroxyl groups excluding tert-OH is 1. The Balaban J connectivity index is 0.000000463. The number of nitrogen functional groups attached to an aromatic ring is 1. The Labute approximate surface area is 136 Å². The largest absolute Gasteiger partial charge is 0.485 e. The quantitative estimate of drug-likeness (QED) is 0.396. The highest BCUT2D eigenvalue weighted by atomic mass is 32.3. The van der Waals surface area contributed by atoms with E-state index in [1.165, 1.54) is 0 Å². The van der Waals surface area contributed by atoms with Crippen molar-refractivity contribution in [1.82, 2.24) is 5.32 Å². The van der Waals surface area contributed by atoms with Gasteiger partial charge in [-0.05, 0) is 32.0 Å². The van der Waals surface area contributed by atoms with Crippen molar-refractivity contribution in [3.63, 3.8) is 0 Å². The molecular weight excluding hydrogens is 324 g/mol. The number of ether oxygens (including phenoxy) is 1. The number of aliphatic hydroxyl groups is 1. The summed E-state index contributed by atoms with van der Waals surface area (Å²) in [7, 11) is -4.67. The average Bonchev–Trinajstić information content (AvgIpc) is 2.33. The van der Waals surface area contributed by atoms with Crippen LogP contribution in [0.15, 0.2) is 18.2 Å². The molecule has 0 unspecified atom stereocenters. The standard InChI is InChI=1S/C14H22N2O2.H2O4S/c1-8(2)16-12-10-7-9(15)5-6-11(10)18-14(3,4)13(12)17;1-5(2,3)4/h5-8,12-13,16-17H,15H2,1-4H3;(H2,1,2,3,4)/t12-,13+;/m1./s1. The smallest absolute Gasteiger partial charge is 0.394 e. The predicted octanol–water partition coefficient (Wildman–Crippen LogP) is 1.19. The molecule has 0 aromatic heterocycles. The zero-order valence-corrected chi connectivity index (χ0v) is 14.3. The zero-order valence-electron chi connectivity index (χ0n) is 13.5. The van der Waals surface area contributed by atoms with Crippen LogP contribution < -0.4 is 15.8 Å². The van der Waals surface area contributed by atoms with Gasteiger partial charge in [-0.2, -0.15) is 8.42 Å². The molecule has 0 saturated carbocycles. The van der Waals surface area contributed by atoms with E-state index < -0.39 is 22.1 Å². The first-order valence-electron chi connectivity index (χ1n) is 7.03. The Hall–Kier alpha value is -1.39. The van der Waals surface area contributed by atoms with Gasteiger partial charge in [0.2, 0.25) is 0 Å². The molecule has 1 aromatic carbocycles. The molecular formula is C14H24N2O6S. The second-order valence-corrected chi connectivity index (χ2v) is 7.09. The van der Waals surface area contributed by atoms with Crippen LogP contribution in [0, 0.1) is 0 Å². The second kappa shape index (κ2) is 7.02. The summed E-state index contributed by atoms with van der Waals surface area (Å²) in [6, 6.07) is 5.67. The number of anilines is 1. The van der Waals surface area contributed by atoms with Crippen molar-refractivity contribution in [3.05, 3.63) is 23.8 Å². The summed E-state index contributed by atoms with van der Waals surface area (Å²) >= 11 is 0. The van der Waals surface area contributed by atoms with Gasteiger partial charge in [0, 0.05) is 17.3 Å². The molecule has 1 aromatic rings. The minimum atomic E-state index is -4.67. The van der Waals surface area contributed by atoms with Crippen molar-refractivity contribution in [1.29, 1.82) is 0 Å². The molecule has 0 bridgehead atoms. The van der Waals surface area contributed by atoms with Gasteiger partial charge < -0.3 is 20.9 Å². The van der Waals surface area contributed by atoms with Crippen molar-refractivity contribution in [3.8, 4) is 5.75 Å². The van der Waals surface area contributed by atoms with Crippen molar-refractivity contribution in [2.45, 2.75) is 51.5 Å². The lowest BCUT2D eigenvalue weighted by atomic mass is 9.86. The van der Waals surface area contributed by atoms with Crippen molar-refractivity contribution in [2.75, 3.05) is 5.73 Å². The summed E-state index contributed by atoms with van der Waals surface area (Å²) in [6.45, 7) is 7.90. The van der Waals surface area contributed by atoms with Crippen molar-refractivity contribution >= 4 is 16.1 Å². The van der Waals surface area contributed by atoms with E-state index in [-0.39, 0.29) is 12.1 Å². The first-order chi connectivity index (χ1) is 10.3.